The number of fused-ring (bicyclic) bond motifs is 3. The lowest BCUT2D eigenvalue weighted by atomic mass is 9.90. The van der Waals surface area contributed by atoms with Crippen molar-refractivity contribution in [3.05, 3.63) is 35.0 Å². The maximum atomic E-state index is 9.47. The number of hydrogen-bond donors (Lipinski definition) is 3. The molecule has 0 amide bonds. The van der Waals surface area contributed by atoms with Crippen molar-refractivity contribution in [3.8, 4) is 0 Å². The third kappa shape index (κ3) is 3.36. The predicted octanol–water partition coefficient (Wildman–Crippen LogP) is 3.33. The molecular formula is C19H28N2O. The van der Waals surface area contributed by atoms with Crippen LogP contribution < -0.4 is 5.32 Å². The van der Waals surface area contributed by atoms with Gasteiger partial charge in [-0.2, -0.15) is 0 Å². The minimum absolute atomic E-state index is 0.202. The molecule has 120 valence electrons. The molecule has 1 aromatic carbocycles. The maximum absolute atomic E-state index is 9.47. The molecule has 3 rings (SSSR count). The molecule has 3 N–H and O–H groups in total. The molecule has 3 nitrogen and oxygen atoms in total. The van der Waals surface area contributed by atoms with Crippen molar-refractivity contribution >= 4 is 10.9 Å². The number of hydrogen-bond acceptors (Lipinski definition) is 2. The average molecular weight is 300 g/mol. The standard InChI is InChI=1S/C19H28N2O/c1-12-4-6-18-16(9-12)17-10-15(5-7-19(17)21-18)20-11-13(2)8-14(3)22/h4,6,9,13-15,20-22H,5,7-8,10-11H2,1-3H3. The summed E-state index contributed by atoms with van der Waals surface area (Å²) in [6, 6.07) is 7.25. The van der Waals surface area contributed by atoms with E-state index in [1.807, 2.05) is 6.92 Å². The Kier molecular flexibility index (Phi) is 4.55. The number of H-pyrrole nitrogens is 1. The summed E-state index contributed by atoms with van der Waals surface area (Å²) in [4.78, 5) is 3.59. The molecule has 0 radical (unpaired) electrons. The van der Waals surface area contributed by atoms with E-state index in [2.05, 4.69) is 42.3 Å². The van der Waals surface area contributed by atoms with Crippen molar-refractivity contribution in [3.63, 3.8) is 0 Å². The first-order valence-corrected chi connectivity index (χ1v) is 8.54. The van der Waals surface area contributed by atoms with E-state index in [-0.39, 0.29) is 6.10 Å². The summed E-state index contributed by atoms with van der Waals surface area (Å²) < 4.78 is 0. The Morgan fingerprint density at radius 3 is 2.95 bits per heavy atom. The molecule has 3 unspecified atom stereocenters. The van der Waals surface area contributed by atoms with Crippen molar-refractivity contribution in [2.45, 2.75) is 58.6 Å². The minimum Gasteiger partial charge on any atom is -0.393 e. The molecule has 3 atom stereocenters. The van der Waals surface area contributed by atoms with E-state index in [0.29, 0.717) is 12.0 Å². The van der Waals surface area contributed by atoms with E-state index in [4.69, 9.17) is 0 Å². The number of aryl methyl sites for hydroxylation is 2. The molecule has 1 aliphatic carbocycles. The highest BCUT2D eigenvalue weighted by molar-refractivity contribution is 5.85. The van der Waals surface area contributed by atoms with Gasteiger partial charge in [0.25, 0.3) is 0 Å². The number of aliphatic hydroxyl groups excluding tert-OH is 1. The first kappa shape index (κ1) is 15.6. The summed E-state index contributed by atoms with van der Waals surface area (Å²) in [5.41, 5.74) is 5.54. The molecule has 0 bridgehead atoms. The number of aliphatic hydroxyl groups is 1. The van der Waals surface area contributed by atoms with Crippen LogP contribution in [0, 0.1) is 12.8 Å². The largest absolute Gasteiger partial charge is 0.393 e. The summed E-state index contributed by atoms with van der Waals surface area (Å²) in [7, 11) is 0. The second-order valence-corrected chi connectivity index (χ2v) is 7.17. The van der Waals surface area contributed by atoms with Crippen LogP contribution in [0.2, 0.25) is 0 Å². The lowest BCUT2D eigenvalue weighted by Gasteiger charge is -2.25. The van der Waals surface area contributed by atoms with Gasteiger partial charge in [0.1, 0.15) is 0 Å². The molecule has 0 spiro atoms. The second-order valence-electron chi connectivity index (χ2n) is 7.17. The van der Waals surface area contributed by atoms with Gasteiger partial charge >= 0.3 is 0 Å². The van der Waals surface area contributed by atoms with Crippen LogP contribution in [0.5, 0.6) is 0 Å². The zero-order valence-corrected chi connectivity index (χ0v) is 13.9. The van der Waals surface area contributed by atoms with Crippen molar-refractivity contribution in [1.29, 1.82) is 0 Å². The number of benzene rings is 1. The zero-order valence-electron chi connectivity index (χ0n) is 13.9. The van der Waals surface area contributed by atoms with Gasteiger partial charge in [-0.25, -0.2) is 0 Å². The molecule has 3 heteroatoms. The number of nitrogens with one attached hydrogen (secondary N) is 2. The fourth-order valence-electron chi connectivity index (χ4n) is 3.74. The first-order chi connectivity index (χ1) is 10.5. The van der Waals surface area contributed by atoms with Gasteiger partial charge in [-0.1, -0.05) is 18.6 Å². The van der Waals surface area contributed by atoms with Gasteiger partial charge in [0.05, 0.1) is 6.10 Å². The molecular weight excluding hydrogens is 272 g/mol. The van der Waals surface area contributed by atoms with E-state index in [9.17, 15) is 5.11 Å². The SMILES string of the molecule is Cc1ccc2[nH]c3c(c2c1)CC(NCC(C)CC(C)O)CC3. The zero-order chi connectivity index (χ0) is 15.7. The smallest absolute Gasteiger partial charge is 0.0515 e. The van der Waals surface area contributed by atoms with Crippen molar-refractivity contribution in [2.75, 3.05) is 6.54 Å². The summed E-state index contributed by atoms with van der Waals surface area (Å²) in [5, 5.41) is 14.6. The van der Waals surface area contributed by atoms with E-state index in [1.165, 1.54) is 34.1 Å². The summed E-state index contributed by atoms with van der Waals surface area (Å²) >= 11 is 0. The quantitative estimate of drug-likeness (QED) is 0.793. The normalized spacial score (nSPS) is 20.8. The lowest BCUT2D eigenvalue weighted by molar-refractivity contribution is 0.162. The highest BCUT2D eigenvalue weighted by Gasteiger charge is 2.22. The highest BCUT2D eigenvalue weighted by atomic mass is 16.3. The van der Waals surface area contributed by atoms with E-state index in [0.717, 1.165) is 25.8 Å². The Morgan fingerprint density at radius 2 is 2.18 bits per heavy atom. The highest BCUT2D eigenvalue weighted by Crippen LogP contribution is 2.30. The van der Waals surface area contributed by atoms with Crippen LogP contribution in [0.3, 0.4) is 0 Å². The molecule has 1 aromatic heterocycles. The Balaban J connectivity index is 1.68. The molecule has 0 saturated carbocycles. The number of aromatic amines is 1. The summed E-state index contributed by atoms with van der Waals surface area (Å²) in [6.07, 6.45) is 4.11. The third-order valence-electron chi connectivity index (χ3n) is 4.84. The number of rotatable bonds is 5. The first-order valence-electron chi connectivity index (χ1n) is 8.54. The van der Waals surface area contributed by atoms with Crippen LogP contribution in [-0.2, 0) is 12.8 Å². The Bertz CT molecular complexity index is 644. The molecule has 1 aliphatic rings. The Labute approximate surface area is 133 Å². The fraction of sp³-hybridized carbons (Fsp3) is 0.579. The summed E-state index contributed by atoms with van der Waals surface area (Å²) in [6.45, 7) is 7.24. The Hall–Kier alpha value is -1.32. The van der Waals surface area contributed by atoms with Gasteiger partial charge in [0, 0.05) is 22.6 Å². The van der Waals surface area contributed by atoms with E-state index < -0.39 is 0 Å². The van der Waals surface area contributed by atoms with E-state index in [1.54, 1.807) is 0 Å². The topological polar surface area (TPSA) is 48.0 Å². The second kappa shape index (κ2) is 6.43. The third-order valence-corrected chi connectivity index (χ3v) is 4.84. The van der Waals surface area contributed by atoms with Crippen LogP contribution in [-0.4, -0.2) is 28.8 Å². The van der Waals surface area contributed by atoms with Crippen LogP contribution in [0.4, 0.5) is 0 Å². The van der Waals surface area contributed by atoms with Gasteiger partial charge < -0.3 is 15.4 Å². The average Bonchev–Trinajstić information content (AvgIpc) is 2.82. The van der Waals surface area contributed by atoms with Crippen molar-refractivity contribution < 1.29 is 5.11 Å². The van der Waals surface area contributed by atoms with Crippen LogP contribution in [0.25, 0.3) is 10.9 Å². The van der Waals surface area contributed by atoms with Crippen molar-refractivity contribution in [1.82, 2.24) is 10.3 Å². The van der Waals surface area contributed by atoms with Gasteiger partial charge in [-0.3, -0.25) is 0 Å². The van der Waals surface area contributed by atoms with Gasteiger partial charge in [-0.15, -0.1) is 0 Å². The molecule has 0 aliphatic heterocycles. The monoisotopic (exact) mass is 300 g/mol. The van der Waals surface area contributed by atoms with Crippen molar-refractivity contribution in [2.24, 2.45) is 5.92 Å². The molecule has 0 saturated heterocycles. The fourth-order valence-corrected chi connectivity index (χ4v) is 3.74. The van der Waals surface area contributed by atoms with Gasteiger partial charge in [0.2, 0.25) is 0 Å². The van der Waals surface area contributed by atoms with E-state index >= 15 is 0 Å². The summed E-state index contributed by atoms with van der Waals surface area (Å²) in [5.74, 6) is 0.520. The molecule has 1 heterocycles. The maximum Gasteiger partial charge on any atom is 0.0515 e. The van der Waals surface area contributed by atoms with Gasteiger partial charge in [-0.05, 0) is 69.7 Å². The molecule has 22 heavy (non-hydrogen) atoms. The lowest BCUT2D eigenvalue weighted by Crippen LogP contribution is -2.37. The van der Waals surface area contributed by atoms with Gasteiger partial charge in [0.15, 0.2) is 0 Å². The Morgan fingerprint density at radius 1 is 1.36 bits per heavy atom. The molecule has 2 aromatic rings. The molecule has 0 fully saturated rings. The van der Waals surface area contributed by atoms with Crippen LogP contribution >= 0.6 is 0 Å². The number of aromatic nitrogens is 1. The predicted molar refractivity (Wildman–Crippen MR) is 92.3 cm³/mol. The van der Waals surface area contributed by atoms with Crippen LogP contribution in [0.15, 0.2) is 18.2 Å². The van der Waals surface area contributed by atoms with Crippen LogP contribution in [0.1, 0.15) is 43.5 Å². The minimum atomic E-state index is -0.202.